The average Bonchev–Trinajstić information content (AvgIpc) is 3.36. The first-order valence-corrected chi connectivity index (χ1v) is 10.1. The van der Waals surface area contributed by atoms with Crippen molar-refractivity contribution in [2.75, 3.05) is 12.8 Å². The molecule has 0 radical (unpaired) electrons. The second-order valence-corrected chi connectivity index (χ2v) is 7.84. The molecule has 3 heterocycles. The predicted octanol–water partition coefficient (Wildman–Crippen LogP) is 3.83. The van der Waals surface area contributed by atoms with E-state index < -0.39 is 5.97 Å². The lowest BCUT2D eigenvalue weighted by Crippen LogP contribution is -2.21. The fourth-order valence-electron chi connectivity index (χ4n) is 4.59. The molecule has 4 N–H and O–H groups in total. The van der Waals surface area contributed by atoms with Crippen LogP contribution >= 0.6 is 0 Å². The Morgan fingerprint density at radius 1 is 1.30 bits per heavy atom. The summed E-state index contributed by atoms with van der Waals surface area (Å²) in [7, 11) is 1.65. The molecule has 1 aromatic carbocycles. The fraction of sp³-hybridized carbons (Fsp3) is 0.318. The maximum atomic E-state index is 11.3. The van der Waals surface area contributed by atoms with Crippen molar-refractivity contribution < 1.29 is 14.6 Å². The van der Waals surface area contributed by atoms with Crippen LogP contribution in [0.5, 0.6) is 5.75 Å². The number of imidazole rings is 1. The SMILES string of the molecule is COc1cccc2cc(-c3nc([C@H]4CC[C@H](C(=O)O)CC4)n4ccnc(N)c34)[nH]c12. The van der Waals surface area contributed by atoms with Gasteiger partial charge in [0, 0.05) is 23.7 Å². The molecule has 5 rings (SSSR count). The summed E-state index contributed by atoms with van der Waals surface area (Å²) in [6.07, 6.45) is 6.46. The number of rotatable bonds is 4. The number of methoxy groups -OCH3 is 1. The molecule has 0 bridgehead atoms. The molecule has 8 nitrogen and oxygen atoms in total. The van der Waals surface area contributed by atoms with Gasteiger partial charge in [-0.2, -0.15) is 0 Å². The fourth-order valence-corrected chi connectivity index (χ4v) is 4.59. The van der Waals surface area contributed by atoms with Crippen molar-refractivity contribution in [1.29, 1.82) is 0 Å². The van der Waals surface area contributed by atoms with E-state index in [0.29, 0.717) is 18.7 Å². The molecule has 1 fully saturated rings. The number of fused-ring (bicyclic) bond motifs is 2. The van der Waals surface area contributed by atoms with E-state index >= 15 is 0 Å². The van der Waals surface area contributed by atoms with Crippen LogP contribution in [0.1, 0.15) is 37.4 Å². The summed E-state index contributed by atoms with van der Waals surface area (Å²) in [5.74, 6) is 1.30. The zero-order chi connectivity index (χ0) is 20.8. The molecular weight excluding hydrogens is 382 g/mol. The summed E-state index contributed by atoms with van der Waals surface area (Å²) in [6, 6.07) is 7.92. The number of aliphatic carboxylic acids is 1. The van der Waals surface area contributed by atoms with Crippen molar-refractivity contribution in [1.82, 2.24) is 19.4 Å². The van der Waals surface area contributed by atoms with Gasteiger partial charge in [0.05, 0.1) is 24.2 Å². The van der Waals surface area contributed by atoms with E-state index in [-0.39, 0.29) is 11.8 Å². The van der Waals surface area contributed by atoms with E-state index in [9.17, 15) is 9.90 Å². The van der Waals surface area contributed by atoms with Crippen LogP contribution in [0.2, 0.25) is 0 Å². The van der Waals surface area contributed by atoms with Gasteiger partial charge in [0.2, 0.25) is 0 Å². The molecule has 1 aliphatic rings. The van der Waals surface area contributed by atoms with Gasteiger partial charge in [0.1, 0.15) is 28.6 Å². The van der Waals surface area contributed by atoms with Crippen molar-refractivity contribution in [3.05, 3.63) is 42.5 Å². The molecule has 4 aromatic rings. The molecule has 0 amide bonds. The van der Waals surface area contributed by atoms with Gasteiger partial charge in [0.15, 0.2) is 0 Å². The number of carboxylic acid groups (broad SMARTS) is 1. The Morgan fingerprint density at radius 2 is 2.10 bits per heavy atom. The first-order chi connectivity index (χ1) is 14.6. The van der Waals surface area contributed by atoms with Gasteiger partial charge in [0.25, 0.3) is 0 Å². The van der Waals surface area contributed by atoms with Crippen LogP contribution in [0.25, 0.3) is 27.8 Å². The van der Waals surface area contributed by atoms with Gasteiger partial charge in [-0.05, 0) is 37.8 Å². The van der Waals surface area contributed by atoms with Crippen LogP contribution in [0.4, 0.5) is 5.82 Å². The number of para-hydroxylation sites is 1. The lowest BCUT2D eigenvalue weighted by molar-refractivity contribution is -0.142. The average molecular weight is 405 g/mol. The van der Waals surface area contributed by atoms with Crippen LogP contribution in [0.3, 0.4) is 0 Å². The van der Waals surface area contributed by atoms with Crippen LogP contribution in [0, 0.1) is 5.92 Å². The van der Waals surface area contributed by atoms with Gasteiger partial charge in [-0.25, -0.2) is 9.97 Å². The third-order valence-corrected chi connectivity index (χ3v) is 6.14. The van der Waals surface area contributed by atoms with E-state index in [2.05, 4.69) is 9.97 Å². The normalized spacial score (nSPS) is 19.4. The Hall–Kier alpha value is -3.55. The number of carbonyl (C=O) groups is 1. The number of anilines is 1. The summed E-state index contributed by atoms with van der Waals surface area (Å²) in [5.41, 5.74) is 9.52. The highest BCUT2D eigenvalue weighted by Crippen LogP contribution is 2.39. The number of aromatic amines is 1. The number of hydrogen-bond donors (Lipinski definition) is 3. The van der Waals surface area contributed by atoms with Crippen LogP contribution in [-0.2, 0) is 4.79 Å². The van der Waals surface area contributed by atoms with Gasteiger partial charge in [-0.1, -0.05) is 12.1 Å². The van der Waals surface area contributed by atoms with Crippen molar-refractivity contribution in [3.8, 4) is 17.1 Å². The number of carboxylic acids is 1. The molecule has 0 atom stereocenters. The molecule has 1 aliphatic carbocycles. The molecule has 0 unspecified atom stereocenters. The number of nitrogens with two attached hydrogens (primary N) is 1. The van der Waals surface area contributed by atoms with Gasteiger partial charge in [-0.3, -0.25) is 9.20 Å². The second kappa shape index (κ2) is 7.05. The minimum atomic E-state index is -0.706. The summed E-state index contributed by atoms with van der Waals surface area (Å²) in [6.45, 7) is 0. The summed E-state index contributed by atoms with van der Waals surface area (Å²) < 4.78 is 7.48. The Bertz CT molecular complexity index is 1250. The predicted molar refractivity (Wildman–Crippen MR) is 114 cm³/mol. The molecule has 0 saturated heterocycles. The zero-order valence-corrected chi connectivity index (χ0v) is 16.6. The largest absolute Gasteiger partial charge is 0.495 e. The minimum Gasteiger partial charge on any atom is -0.495 e. The van der Waals surface area contributed by atoms with E-state index in [1.807, 2.05) is 34.9 Å². The number of H-pyrrole nitrogens is 1. The number of aromatic nitrogens is 4. The number of nitrogens with one attached hydrogen (secondary N) is 1. The van der Waals surface area contributed by atoms with Crippen molar-refractivity contribution in [2.24, 2.45) is 5.92 Å². The van der Waals surface area contributed by atoms with Gasteiger partial charge >= 0.3 is 5.97 Å². The highest BCUT2D eigenvalue weighted by molar-refractivity contribution is 5.93. The van der Waals surface area contributed by atoms with Crippen molar-refractivity contribution >= 4 is 28.2 Å². The number of benzene rings is 1. The van der Waals surface area contributed by atoms with Crippen LogP contribution in [0.15, 0.2) is 36.7 Å². The molecule has 0 aliphatic heterocycles. The Kier molecular flexibility index (Phi) is 4.34. The minimum absolute atomic E-state index is 0.183. The van der Waals surface area contributed by atoms with E-state index in [4.69, 9.17) is 15.5 Å². The number of nitrogen functional groups attached to an aromatic ring is 1. The second-order valence-electron chi connectivity index (χ2n) is 7.84. The maximum absolute atomic E-state index is 11.3. The topological polar surface area (TPSA) is 119 Å². The van der Waals surface area contributed by atoms with E-state index in [0.717, 1.165) is 52.2 Å². The maximum Gasteiger partial charge on any atom is 0.306 e. The third kappa shape index (κ3) is 2.87. The number of hydrogen-bond acceptors (Lipinski definition) is 5. The van der Waals surface area contributed by atoms with Gasteiger partial charge in [-0.15, -0.1) is 0 Å². The summed E-state index contributed by atoms with van der Waals surface area (Å²) in [5, 5.41) is 10.3. The Balaban J connectivity index is 1.63. The molecule has 30 heavy (non-hydrogen) atoms. The molecule has 3 aromatic heterocycles. The standard InChI is InChI=1S/C22H23N5O3/c1-30-16-4-2-3-14-11-15(25-17(14)16)18-19-20(23)24-9-10-27(19)21(26-18)12-5-7-13(8-6-12)22(28)29/h2-4,9-13,25H,5-8H2,1H3,(H2,23,24)(H,28,29)/t12-,13-. The highest BCUT2D eigenvalue weighted by Gasteiger charge is 2.30. The van der Waals surface area contributed by atoms with Crippen LogP contribution in [-0.4, -0.2) is 37.5 Å². The quantitative estimate of drug-likeness (QED) is 0.475. The molecular formula is C22H23N5O3. The zero-order valence-electron chi connectivity index (χ0n) is 16.6. The molecule has 0 spiro atoms. The molecule has 1 saturated carbocycles. The lowest BCUT2D eigenvalue weighted by Gasteiger charge is -2.25. The monoisotopic (exact) mass is 405 g/mol. The first kappa shape index (κ1) is 18.5. The first-order valence-electron chi connectivity index (χ1n) is 10.1. The molecule has 154 valence electrons. The Labute approximate surface area is 172 Å². The number of ether oxygens (including phenoxy) is 1. The Morgan fingerprint density at radius 3 is 2.83 bits per heavy atom. The lowest BCUT2D eigenvalue weighted by atomic mass is 9.81. The third-order valence-electron chi connectivity index (χ3n) is 6.14. The van der Waals surface area contributed by atoms with E-state index in [1.54, 1.807) is 13.3 Å². The molecule has 8 heteroatoms. The smallest absolute Gasteiger partial charge is 0.306 e. The van der Waals surface area contributed by atoms with Crippen LogP contribution < -0.4 is 10.5 Å². The van der Waals surface area contributed by atoms with Crippen molar-refractivity contribution in [2.45, 2.75) is 31.6 Å². The number of nitrogens with zero attached hydrogens (tertiary/aromatic N) is 3. The highest BCUT2D eigenvalue weighted by atomic mass is 16.5. The van der Waals surface area contributed by atoms with E-state index in [1.165, 1.54) is 0 Å². The summed E-state index contributed by atoms with van der Waals surface area (Å²) >= 11 is 0. The van der Waals surface area contributed by atoms with Gasteiger partial charge < -0.3 is 20.6 Å². The summed E-state index contributed by atoms with van der Waals surface area (Å²) in [4.78, 5) is 24.0. The van der Waals surface area contributed by atoms with Crippen molar-refractivity contribution in [3.63, 3.8) is 0 Å².